The molecule has 9 N–H and O–H groups in total. The minimum Gasteiger partial charge on any atom is -0.412 e. The highest BCUT2D eigenvalue weighted by Gasteiger charge is 2.41. The molecule has 1 aliphatic heterocycles. The Bertz CT molecular complexity index is 488. The Morgan fingerprint density at radius 3 is 1.88 bits per heavy atom. The van der Waals surface area contributed by atoms with Crippen molar-refractivity contribution in [2.45, 2.75) is 111 Å². The molecule has 7 nitrogen and oxygen atoms in total. The molecule has 33 heavy (non-hydrogen) atoms. The van der Waals surface area contributed by atoms with Crippen molar-refractivity contribution in [2.24, 2.45) is 28.9 Å². The number of likely N-dealkylation sites (tertiary alicyclic amines) is 1. The lowest BCUT2D eigenvalue weighted by atomic mass is 9.64. The van der Waals surface area contributed by atoms with E-state index in [4.69, 9.17) is 17.3 Å². The molecule has 202 valence electrons. The summed E-state index contributed by atoms with van der Waals surface area (Å²) in [6.07, 6.45) is 13.7. The number of halogens is 1. The predicted molar refractivity (Wildman–Crippen MR) is 142 cm³/mol. The van der Waals surface area contributed by atoms with Crippen molar-refractivity contribution in [1.82, 2.24) is 10.2 Å². The topological polar surface area (TPSA) is 153 Å². The fraction of sp³-hybridized carbons (Fsp3) is 0.960. The van der Waals surface area contributed by atoms with Crippen LogP contribution < -0.4 is 11.1 Å². The maximum atomic E-state index is 11.3. The molecule has 2 amide bonds. The van der Waals surface area contributed by atoms with E-state index in [9.17, 15) is 4.79 Å². The van der Waals surface area contributed by atoms with Crippen molar-refractivity contribution in [3.05, 3.63) is 0 Å². The Kier molecular flexibility index (Phi) is 19.9. The number of primary amides is 1. The summed E-state index contributed by atoms with van der Waals surface area (Å²) in [5, 5.41) is 3.32. The van der Waals surface area contributed by atoms with E-state index in [2.05, 4.69) is 37.9 Å². The van der Waals surface area contributed by atoms with Gasteiger partial charge in [0.05, 0.1) is 0 Å². The van der Waals surface area contributed by atoms with Gasteiger partial charge in [-0.3, -0.25) is 0 Å². The van der Waals surface area contributed by atoms with Gasteiger partial charge < -0.3 is 32.4 Å². The van der Waals surface area contributed by atoms with Gasteiger partial charge in [-0.2, -0.15) is 0 Å². The number of carbonyl (C=O) groups is 1. The minimum atomic E-state index is -0.416. The van der Waals surface area contributed by atoms with E-state index in [0.29, 0.717) is 16.7 Å². The van der Waals surface area contributed by atoms with E-state index in [1.807, 2.05) is 0 Å². The van der Waals surface area contributed by atoms with Gasteiger partial charge in [-0.15, -0.1) is 11.6 Å². The first-order valence-corrected chi connectivity index (χ1v) is 12.5. The third-order valence-corrected chi connectivity index (χ3v) is 7.94. The Morgan fingerprint density at radius 2 is 1.48 bits per heavy atom. The van der Waals surface area contributed by atoms with Gasteiger partial charge in [0, 0.05) is 24.5 Å². The largest absolute Gasteiger partial charge is 0.412 e. The molecule has 3 aliphatic rings. The average molecular weight is 498 g/mol. The molecule has 0 aromatic carbocycles. The SMILES string of the molecule is C.C1CCCC1.CC(C)[C@H](CN1CCC(C2CCC(Cl)CC2)C(C)(C)C1)NC(N)=O.O.O.O. The Labute approximate surface area is 208 Å². The van der Waals surface area contributed by atoms with Crippen LogP contribution in [0.25, 0.3) is 0 Å². The lowest BCUT2D eigenvalue weighted by Crippen LogP contribution is -2.54. The second-order valence-corrected chi connectivity index (χ2v) is 11.4. The second kappa shape index (κ2) is 17.8. The molecule has 3 rings (SSSR count). The fourth-order valence-electron chi connectivity index (χ4n) is 5.76. The number of hydrogen-bond acceptors (Lipinski definition) is 2. The fourth-order valence-corrected chi connectivity index (χ4v) is 6.02. The quantitative estimate of drug-likeness (QED) is 0.552. The lowest BCUT2D eigenvalue weighted by Gasteiger charge is -2.49. The first-order valence-electron chi connectivity index (χ1n) is 12.1. The van der Waals surface area contributed by atoms with E-state index >= 15 is 0 Å². The van der Waals surface area contributed by atoms with Crippen LogP contribution >= 0.6 is 11.6 Å². The van der Waals surface area contributed by atoms with Gasteiger partial charge in [-0.25, -0.2) is 4.79 Å². The molecule has 0 radical (unpaired) electrons. The van der Waals surface area contributed by atoms with Crippen molar-refractivity contribution in [3.8, 4) is 0 Å². The van der Waals surface area contributed by atoms with Crippen LogP contribution in [0.5, 0.6) is 0 Å². The summed E-state index contributed by atoms with van der Waals surface area (Å²) < 4.78 is 0. The normalized spacial score (nSPS) is 27.3. The van der Waals surface area contributed by atoms with Crippen LogP contribution in [0.2, 0.25) is 0 Å². The van der Waals surface area contributed by atoms with Crippen LogP contribution in [-0.4, -0.2) is 58.4 Å². The Balaban J connectivity index is -0.000000887. The molecule has 8 heteroatoms. The van der Waals surface area contributed by atoms with Crippen molar-refractivity contribution in [1.29, 1.82) is 0 Å². The third kappa shape index (κ3) is 12.6. The first-order chi connectivity index (χ1) is 13.7. The van der Waals surface area contributed by atoms with Gasteiger partial charge in [0.25, 0.3) is 0 Å². The number of nitrogens with one attached hydrogen (secondary N) is 1. The van der Waals surface area contributed by atoms with E-state index in [-0.39, 0.29) is 29.9 Å². The smallest absolute Gasteiger partial charge is 0.312 e. The maximum absolute atomic E-state index is 11.3. The summed E-state index contributed by atoms with van der Waals surface area (Å²) in [5.74, 6) is 2.01. The summed E-state index contributed by atoms with van der Waals surface area (Å²) in [7, 11) is 0. The number of nitrogens with two attached hydrogens (primary N) is 1. The number of amides is 2. The Hall–Kier alpha value is -0.600. The molecule has 3 fully saturated rings. The molecule has 2 saturated carbocycles. The van der Waals surface area contributed by atoms with Gasteiger partial charge in [-0.05, 0) is 61.8 Å². The molecular formula is C25H56ClN3O4. The van der Waals surface area contributed by atoms with Gasteiger partial charge >= 0.3 is 6.03 Å². The van der Waals surface area contributed by atoms with Crippen LogP contribution in [0, 0.1) is 23.2 Å². The molecular weight excluding hydrogens is 442 g/mol. The second-order valence-electron chi connectivity index (χ2n) is 10.8. The van der Waals surface area contributed by atoms with E-state index in [1.165, 1.54) is 64.2 Å². The monoisotopic (exact) mass is 497 g/mol. The highest BCUT2D eigenvalue weighted by molar-refractivity contribution is 6.20. The van der Waals surface area contributed by atoms with Gasteiger partial charge in [0.15, 0.2) is 0 Å². The molecule has 2 aliphatic carbocycles. The number of urea groups is 1. The molecule has 1 saturated heterocycles. The average Bonchev–Trinajstić information content (AvgIpc) is 3.21. The number of nitrogens with zero attached hydrogens (tertiary/aromatic N) is 1. The number of hydrogen-bond donors (Lipinski definition) is 2. The summed E-state index contributed by atoms with van der Waals surface area (Å²) in [6, 6.07) is -0.290. The van der Waals surface area contributed by atoms with Gasteiger partial charge in [0.2, 0.25) is 0 Å². The van der Waals surface area contributed by atoms with Crippen LogP contribution in [0.4, 0.5) is 4.79 Å². The summed E-state index contributed by atoms with van der Waals surface area (Å²) in [5.41, 5.74) is 5.66. The van der Waals surface area contributed by atoms with E-state index in [0.717, 1.165) is 31.5 Å². The van der Waals surface area contributed by atoms with Gasteiger partial charge in [-0.1, -0.05) is 67.2 Å². The molecule has 1 heterocycles. The van der Waals surface area contributed by atoms with E-state index < -0.39 is 6.03 Å². The molecule has 0 aromatic heterocycles. The van der Waals surface area contributed by atoms with Crippen LogP contribution in [0.3, 0.4) is 0 Å². The summed E-state index contributed by atoms with van der Waals surface area (Å²) in [6.45, 7) is 12.2. The van der Waals surface area contributed by atoms with Crippen molar-refractivity contribution in [2.75, 3.05) is 19.6 Å². The van der Waals surface area contributed by atoms with E-state index in [1.54, 1.807) is 0 Å². The number of alkyl halides is 1. The molecule has 0 spiro atoms. The predicted octanol–water partition coefficient (Wildman–Crippen LogP) is 3.94. The zero-order valence-electron chi connectivity index (χ0n) is 20.9. The highest BCUT2D eigenvalue weighted by Crippen LogP contribution is 2.45. The lowest BCUT2D eigenvalue weighted by molar-refractivity contribution is 0.00550. The molecule has 2 atom stereocenters. The van der Waals surface area contributed by atoms with Crippen molar-refractivity contribution >= 4 is 17.6 Å². The molecule has 0 bridgehead atoms. The third-order valence-electron chi connectivity index (χ3n) is 7.50. The van der Waals surface area contributed by atoms with Crippen LogP contribution in [0.1, 0.15) is 99.3 Å². The zero-order chi connectivity index (χ0) is 21.4. The Morgan fingerprint density at radius 1 is 1.00 bits per heavy atom. The van der Waals surface area contributed by atoms with Gasteiger partial charge in [0.1, 0.15) is 0 Å². The summed E-state index contributed by atoms with van der Waals surface area (Å²) in [4.78, 5) is 13.8. The number of carbonyl (C=O) groups excluding carboxylic acids is 1. The molecule has 0 aromatic rings. The van der Waals surface area contributed by atoms with Crippen molar-refractivity contribution < 1.29 is 21.2 Å². The molecule has 1 unspecified atom stereocenters. The first kappa shape index (κ1) is 37.0. The highest BCUT2D eigenvalue weighted by atomic mass is 35.5. The summed E-state index contributed by atoms with van der Waals surface area (Å²) >= 11 is 6.29. The number of rotatable bonds is 5. The standard InChI is InChI=1S/C19H36ClN3O.C5H10.CH4.3H2O/c1-13(2)17(22-18(21)24)11-23-10-9-16(19(3,4)12-23)14-5-7-15(20)8-6-14;1-2-4-5-3-1;;;;/h13-17H,5-12H2,1-4H3,(H3,21,22,24);1-5H2;1H4;3*1H2/t14?,15?,16?,17-;;;;;/m0...../s1. The minimum absolute atomic E-state index is 0. The van der Waals surface area contributed by atoms with Crippen LogP contribution in [-0.2, 0) is 0 Å². The maximum Gasteiger partial charge on any atom is 0.312 e. The van der Waals surface area contributed by atoms with Crippen molar-refractivity contribution in [3.63, 3.8) is 0 Å². The number of piperidine rings is 1. The zero-order valence-corrected chi connectivity index (χ0v) is 21.6. The van der Waals surface area contributed by atoms with Crippen LogP contribution in [0.15, 0.2) is 0 Å².